The molecule has 0 saturated carbocycles. The first-order chi connectivity index (χ1) is 7.69. The van der Waals surface area contributed by atoms with Crippen LogP contribution in [0.3, 0.4) is 0 Å². The van der Waals surface area contributed by atoms with Gasteiger partial charge in [0.05, 0.1) is 6.61 Å². The first-order valence-electron chi connectivity index (χ1n) is 6.30. The fraction of sp³-hybridized carbons (Fsp3) is 1.00. The van der Waals surface area contributed by atoms with Crippen LogP contribution in [0.2, 0.25) is 0 Å². The van der Waals surface area contributed by atoms with E-state index in [2.05, 4.69) is 29.0 Å². The van der Waals surface area contributed by atoms with Crippen LogP contribution in [0.1, 0.15) is 13.8 Å². The molecule has 1 fully saturated rings. The zero-order valence-corrected chi connectivity index (χ0v) is 11.2. The lowest BCUT2D eigenvalue weighted by atomic mass is 10.2. The minimum absolute atomic E-state index is 0.518. The van der Waals surface area contributed by atoms with Crippen molar-refractivity contribution in [1.29, 1.82) is 0 Å². The van der Waals surface area contributed by atoms with Crippen LogP contribution < -0.4 is 5.32 Å². The van der Waals surface area contributed by atoms with Gasteiger partial charge in [0.15, 0.2) is 0 Å². The van der Waals surface area contributed by atoms with Crippen LogP contribution in [0.25, 0.3) is 0 Å². The fourth-order valence-electron chi connectivity index (χ4n) is 2.34. The number of hydrogen-bond acceptors (Lipinski definition) is 4. The summed E-state index contributed by atoms with van der Waals surface area (Å²) in [5.41, 5.74) is 0. The molecule has 0 bridgehead atoms. The van der Waals surface area contributed by atoms with E-state index in [0.29, 0.717) is 12.1 Å². The lowest BCUT2D eigenvalue weighted by Gasteiger charge is -2.40. The Balaban J connectivity index is 2.37. The van der Waals surface area contributed by atoms with Crippen molar-refractivity contribution in [2.24, 2.45) is 0 Å². The Morgan fingerprint density at radius 2 is 1.69 bits per heavy atom. The van der Waals surface area contributed by atoms with Crippen LogP contribution >= 0.6 is 0 Å². The molecule has 4 nitrogen and oxygen atoms in total. The Bertz CT molecular complexity index is 173. The molecule has 0 spiro atoms. The lowest BCUT2D eigenvalue weighted by molar-refractivity contribution is 0.0412. The summed E-state index contributed by atoms with van der Waals surface area (Å²) in [5.74, 6) is 0. The van der Waals surface area contributed by atoms with Gasteiger partial charge in [-0.2, -0.15) is 0 Å². The summed E-state index contributed by atoms with van der Waals surface area (Å²) in [5, 5.41) is 3.25. The Hall–Kier alpha value is -0.160. The lowest BCUT2D eigenvalue weighted by Crippen LogP contribution is -2.55. The standard InChI is InChI=1S/C12H27N3O/c1-11(2)14-5-7-15(8-6-14)12(9-13-3)10-16-4/h11-13H,5-10H2,1-4H3. The molecule has 1 saturated heterocycles. The largest absolute Gasteiger partial charge is 0.383 e. The Labute approximate surface area is 99.9 Å². The molecule has 0 aromatic carbocycles. The second kappa shape index (κ2) is 7.22. The summed E-state index contributed by atoms with van der Waals surface area (Å²) in [7, 11) is 3.79. The van der Waals surface area contributed by atoms with E-state index in [1.165, 1.54) is 13.1 Å². The first-order valence-corrected chi connectivity index (χ1v) is 6.30. The molecule has 0 aliphatic carbocycles. The van der Waals surface area contributed by atoms with Gasteiger partial charge in [-0.15, -0.1) is 0 Å². The number of rotatable bonds is 6. The van der Waals surface area contributed by atoms with Gasteiger partial charge in [-0.05, 0) is 20.9 Å². The van der Waals surface area contributed by atoms with E-state index in [-0.39, 0.29) is 0 Å². The second-order valence-electron chi connectivity index (χ2n) is 4.83. The molecule has 1 heterocycles. The highest BCUT2D eigenvalue weighted by Crippen LogP contribution is 2.09. The summed E-state index contributed by atoms with van der Waals surface area (Å²) < 4.78 is 5.29. The van der Waals surface area contributed by atoms with Gasteiger partial charge in [-0.3, -0.25) is 9.80 Å². The fourth-order valence-corrected chi connectivity index (χ4v) is 2.34. The van der Waals surface area contributed by atoms with Gasteiger partial charge in [0.2, 0.25) is 0 Å². The third-order valence-electron chi connectivity index (χ3n) is 3.39. The van der Waals surface area contributed by atoms with Gasteiger partial charge in [0.1, 0.15) is 0 Å². The average molecular weight is 229 g/mol. The molecular weight excluding hydrogens is 202 g/mol. The number of methoxy groups -OCH3 is 1. The third-order valence-corrected chi connectivity index (χ3v) is 3.39. The quantitative estimate of drug-likeness (QED) is 0.706. The topological polar surface area (TPSA) is 27.7 Å². The van der Waals surface area contributed by atoms with Crippen molar-refractivity contribution in [3.05, 3.63) is 0 Å². The van der Waals surface area contributed by atoms with Crippen molar-refractivity contribution in [3.63, 3.8) is 0 Å². The van der Waals surface area contributed by atoms with Crippen LogP contribution in [-0.4, -0.2) is 75.4 Å². The Morgan fingerprint density at radius 3 is 2.12 bits per heavy atom. The van der Waals surface area contributed by atoms with E-state index in [9.17, 15) is 0 Å². The molecule has 0 aromatic heterocycles. The van der Waals surface area contributed by atoms with Crippen LogP contribution in [0.4, 0.5) is 0 Å². The zero-order valence-electron chi connectivity index (χ0n) is 11.2. The Kier molecular flexibility index (Phi) is 6.28. The maximum absolute atomic E-state index is 5.29. The van der Waals surface area contributed by atoms with E-state index in [0.717, 1.165) is 26.2 Å². The molecular formula is C12H27N3O. The SMILES string of the molecule is CNCC(COC)N1CCN(C(C)C)CC1. The van der Waals surface area contributed by atoms with Crippen molar-refractivity contribution in [2.75, 3.05) is 53.5 Å². The van der Waals surface area contributed by atoms with Gasteiger partial charge >= 0.3 is 0 Å². The van der Waals surface area contributed by atoms with Crippen molar-refractivity contribution < 1.29 is 4.74 Å². The number of nitrogens with one attached hydrogen (secondary N) is 1. The molecule has 1 aliphatic heterocycles. The van der Waals surface area contributed by atoms with E-state index in [1.807, 2.05) is 7.05 Å². The average Bonchev–Trinajstić information content (AvgIpc) is 2.29. The predicted molar refractivity (Wildman–Crippen MR) is 67.9 cm³/mol. The third kappa shape index (κ3) is 4.01. The number of piperazine rings is 1. The smallest absolute Gasteiger partial charge is 0.0630 e. The molecule has 1 aliphatic rings. The molecule has 1 rings (SSSR count). The highest BCUT2D eigenvalue weighted by Gasteiger charge is 2.24. The molecule has 4 heteroatoms. The summed E-state index contributed by atoms with van der Waals surface area (Å²) in [6.45, 7) is 11.1. The summed E-state index contributed by atoms with van der Waals surface area (Å²) in [6.07, 6.45) is 0. The highest BCUT2D eigenvalue weighted by molar-refractivity contribution is 4.80. The van der Waals surface area contributed by atoms with Crippen LogP contribution in [0, 0.1) is 0 Å². The predicted octanol–water partition coefficient (Wildman–Crippen LogP) is 0.247. The van der Waals surface area contributed by atoms with E-state index >= 15 is 0 Å². The summed E-state index contributed by atoms with van der Waals surface area (Å²) in [4.78, 5) is 5.08. The Morgan fingerprint density at radius 1 is 1.12 bits per heavy atom. The van der Waals surface area contributed by atoms with Crippen LogP contribution in [0.15, 0.2) is 0 Å². The molecule has 16 heavy (non-hydrogen) atoms. The molecule has 0 amide bonds. The maximum atomic E-state index is 5.29. The second-order valence-corrected chi connectivity index (χ2v) is 4.83. The van der Waals surface area contributed by atoms with Gasteiger partial charge in [0.25, 0.3) is 0 Å². The summed E-state index contributed by atoms with van der Waals surface area (Å²) >= 11 is 0. The van der Waals surface area contributed by atoms with Gasteiger partial charge < -0.3 is 10.1 Å². The normalized spacial score (nSPS) is 21.6. The van der Waals surface area contributed by atoms with E-state index in [1.54, 1.807) is 7.11 Å². The van der Waals surface area contributed by atoms with Crippen LogP contribution in [0.5, 0.6) is 0 Å². The molecule has 1 N–H and O–H groups in total. The van der Waals surface area contributed by atoms with E-state index < -0.39 is 0 Å². The van der Waals surface area contributed by atoms with E-state index in [4.69, 9.17) is 4.74 Å². The minimum Gasteiger partial charge on any atom is -0.383 e. The molecule has 0 radical (unpaired) electrons. The molecule has 96 valence electrons. The monoisotopic (exact) mass is 229 g/mol. The van der Waals surface area contributed by atoms with Crippen molar-refractivity contribution in [2.45, 2.75) is 25.9 Å². The number of hydrogen-bond donors (Lipinski definition) is 1. The number of nitrogens with zero attached hydrogens (tertiary/aromatic N) is 2. The minimum atomic E-state index is 0.518. The molecule has 1 atom stereocenters. The van der Waals surface area contributed by atoms with Crippen molar-refractivity contribution in [1.82, 2.24) is 15.1 Å². The first kappa shape index (κ1) is 13.9. The molecule has 1 unspecified atom stereocenters. The number of ether oxygens (including phenoxy) is 1. The van der Waals surface area contributed by atoms with Gasteiger partial charge in [-0.25, -0.2) is 0 Å². The van der Waals surface area contributed by atoms with Gasteiger partial charge in [-0.1, -0.05) is 0 Å². The maximum Gasteiger partial charge on any atom is 0.0630 e. The zero-order chi connectivity index (χ0) is 12.0. The van der Waals surface area contributed by atoms with Crippen molar-refractivity contribution >= 4 is 0 Å². The molecule has 0 aromatic rings. The number of likely N-dealkylation sites (N-methyl/N-ethyl adjacent to an activating group) is 1. The van der Waals surface area contributed by atoms with Crippen LogP contribution in [-0.2, 0) is 4.74 Å². The van der Waals surface area contributed by atoms with Crippen molar-refractivity contribution in [3.8, 4) is 0 Å². The van der Waals surface area contributed by atoms with Gasteiger partial charge in [0, 0.05) is 51.9 Å². The highest BCUT2D eigenvalue weighted by atomic mass is 16.5. The summed E-state index contributed by atoms with van der Waals surface area (Å²) in [6, 6.07) is 1.19.